The Morgan fingerprint density at radius 3 is 2.54 bits per heavy atom. The molecule has 0 amide bonds. The fourth-order valence-corrected chi connectivity index (χ4v) is 2.15. The van der Waals surface area contributed by atoms with Crippen LogP contribution in [0.5, 0.6) is 5.75 Å². The molecule has 1 aromatic heterocycles. The summed E-state index contributed by atoms with van der Waals surface area (Å²) in [6.45, 7) is 2.43. The summed E-state index contributed by atoms with van der Waals surface area (Å²) < 4.78 is 43.5. The molecule has 1 heterocycles. The Morgan fingerprint density at radius 2 is 1.92 bits per heavy atom. The fraction of sp³-hybridized carbons (Fsp3) is 0.412. The normalized spacial score (nSPS) is 12.1. The van der Waals surface area contributed by atoms with E-state index in [0.717, 1.165) is 11.4 Å². The van der Waals surface area contributed by atoms with Crippen LogP contribution in [0.4, 0.5) is 13.2 Å². The molecule has 1 aromatic carbocycles. The summed E-state index contributed by atoms with van der Waals surface area (Å²) in [5.74, 6) is 1.08. The average Bonchev–Trinajstić information content (AvgIpc) is 3.07. The summed E-state index contributed by atoms with van der Waals surface area (Å²) in [6, 6.07) is 9.24. The summed E-state index contributed by atoms with van der Waals surface area (Å²) >= 11 is 0. The number of benzene rings is 1. The Morgan fingerprint density at radius 1 is 1.19 bits per heavy atom. The molecule has 2 rings (SSSR count). The molecule has 0 saturated carbocycles. The molecule has 26 heavy (non-hydrogen) atoms. The molecule has 142 valence electrons. The number of guanidine groups is 1. The molecule has 2 N–H and O–H groups in total. The molecular weight excluding hydrogens is 347 g/mol. The van der Waals surface area contributed by atoms with E-state index in [4.69, 9.17) is 4.74 Å². The second-order valence-electron chi connectivity index (χ2n) is 5.44. The summed E-state index contributed by atoms with van der Waals surface area (Å²) in [6.07, 6.45) is -3.30. The zero-order valence-corrected chi connectivity index (χ0v) is 14.7. The van der Waals surface area contributed by atoms with Gasteiger partial charge >= 0.3 is 6.18 Å². The lowest BCUT2D eigenvalue weighted by molar-refractivity contribution is -0.132. The quantitative estimate of drug-likeness (QED) is 0.582. The Balaban J connectivity index is 1.97. The molecule has 0 unspecified atom stereocenters. The van der Waals surface area contributed by atoms with E-state index in [-0.39, 0.29) is 13.1 Å². The maximum absolute atomic E-state index is 12.2. The smallest absolute Gasteiger partial charge is 0.390 e. The number of nitrogens with one attached hydrogen (secondary N) is 2. The van der Waals surface area contributed by atoms with Gasteiger partial charge in [-0.2, -0.15) is 18.3 Å². The molecular formula is C17H22F3N5O. The largest absolute Gasteiger partial charge is 0.497 e. The molecule has 0 aliphatic carbocycles. The van der Waals surface area contributed by atoms with Gasteiger partial charge in [-0.3, -0.25) is 0 Å². The van der Waals surface area contributed by atoms with E-state index in [1.165, 1.54) is 0 Å². The van der Waals surface area contributed by atoms with E-state index in [1.807, 2.05) is 37.3 Å². The van der Waals surface area contributed by atoms with Crippen LogP contribution in [0, 0.1) is 0 Å². The van der Waals surface area contributed by atoms with Gasteiger partial charge in [0.25, 0.3) is 0 Å². The Bertz CT molecular complexity index is 710. The van der Waals surface area contributed by atoms with Crippen molar-refractivity contribution in [1.82, 2.24) is 20.4 Å². The molecule has 0 atom stereocenters. The number of nitrogens with zero attached hydrogens (tertiary/aromatic N) is 3. The van der Waals surface area contributed by atoms with E-state index in [9.17, 15) is 13.2 Å². The maximum atomic E-state index is 12.2. The molecule has 6 nitrogen and oxygen atoms in total. The van der Waals surface area contributed by atoms with Crippen molar-refractivity contribution in [3.63, 3.8) is 0 Å². The van der Waals surface area contributed by atoms with E-state index >= 15 is 0 Å². The van der Waals surface area contributed by atoms with Gasteiger partial charge in [0.2, 0.25) is 0 Å². The van der Waals surface area contributed by atoms with Gasteiger partial charge < -0.3 is 15.4 Å². The first-order chi connectivity index (χ1) is 12.4. The lowest BCUT2D eigenvalue weighted by Crippen LogP contribution is -2.38. The summed E-state index contributed by atoms with van der Waals surface area (Å²) in [7, 11) is 1.60. The summed E-state index contributed by atoms with van der Waals surface area (Å²) in [4.78, 5) is 4.27. The van der Waals surface area contributed by atoms with Crippen LogP contribution in [-0.4, -0.2) is 42.1 Å². The highest BCUT2D eigenvalue weighted by Crippen LogP contribution is 2.18. The zero-order chi connectivity index (χ0) is 19.0. The lowest BCUT2D eigenvalue weighted by atomic mass is 10.3. The Kier molecular flexibility index (Phi) is 6.88. The van der Waals surface area contributed by atoms with Gasteiger partial charge in [0.1, 0.15) is 5.75 Å². The highest BCUT2D eigenvalue weighted by molar-refractivity contribution is 5.79. The van der Waals surface area contributed by atoms with E-state index < -0.39 is 12.6 Å². The number of halogens is 3. The van der Waals surface area contributed by atoms with Crippen molar-refractivity contribution >= 4 is 5.96 Å². The first-order valence-electron chi connectivity index (χ1n) is 8.19. The molecule has 0 aliphatic rings. The third-order valence-corrected chi connectivity index (χ3v) is 3.43. The highest BCUT2D eigenvalue weighted by atomic mass is 19.4. The third kappa shape index (κ3) is 6.30. The SMILES string of the molecule is CCNC(=NCc1ccn(-c2ccc(OC)cc2)n1)NCCC(F)(F)F. The minimum Gasteiger partial charge on any atom is -0.497 e. The standard InChI is InChI=1S/C17H22F3N5O/c1-3-21-16(22-10-9-17(18,19)20)23-12-13-8-11-25(24-13)14-4-6-15(26-2)7-5-14/h4-8,11H,3,9-10,12H2,1-2H3,(H2,21,22,23). The number of aliphatic imine (C=N–C) groups is 1. The van der Waals surface area contributed by atoms with Gasteiger partial charge in [0, 0.05) is 19.3 Å². The Labute approximate surface area is 150 Å². The third-order valence-electron chi connectivity index (χ3n) is 3.43. The molecule has 0 aliphatic heterocycles. The number of hydrogen-bond acceptors (Lipinski definition) is 3. The fourth-order valence-electron chi connectivity index (χ4n) is 2.15. The van der Waals surface area contributed by atoms with Crippen molar-refractivity contribution < 1.29 is 17.9 Å². The second kappa shape index (κ2) is 9.12. The lowest BCUT2D eigenvalue weighted by Gasteiger charge is -2.12. The topological polar surface area (TPSA) is 63.5 Å². The minimum absolute atomic E-state index is 0.227. The van der Waals surface area contributed by atoms with Crippen molar-refractivity contribution in [2.75, 3.05) is 20.2 Å². The summed E-state index contributed by atoms with van der Waals surface area (Å²) in [5.41, 5.74) is 1.57. The number of alkyl halides is 3. The van der Waals surface area contributed by atoms with Crippen molar-refractivity contribution in [3.05, 3.63) is 42.2 Å². The van der Waals surface area contributed by atoms with Gasteiger partial charge in [-0.05, 0) is 37.3 Å². The van der Waals surface area contributed by atoms with Crippen LogP contribution in [0.15, 0.2) is 41.5 Å². The minimum atomic E-state index is -4.19. The number of ether oxygens (including phenoxy) is 1. The van der Waals surface area contributed by atoms with Gasteiger partial charge in [-0.1, -0.05) is 0 Å². The molecule has 0 radical (unpaired) electrons. The van der Waals surface area contributed by atoms with Crippen LogP contribution in [0.3, 0.4) is 0 Å². The highest BCUT2D eigenvalue weighted by Gasteiger charge is 2.26. The van der Waals surface area contributed by atoms with E-state index in [0.29, 0.717) is 18.2 Å². The monoisotopic (exact) mass is 369 g/mol. The first-order valence-corrected chi connectivity index (χ1v) is 8.19. The van der Waals surface area contributed by atoms with Crippen molar-refractivity contribution in [2.45, 2.75) is 26.1 Å². The molecule has 0 spiro atoms. The Hall–Kier alpha value is -2.71. The molecule has 9 heteroatoms. The van der Waals surface area contributed by atoms with Crippen LogP contribution in [0.25, 0.3) is 5.69 Å². The van der Waals surface area contributed by atoms with Crippen LogP contribution in [0.2, 0.25) is 0 Å². The zero-order valence-electron chi connectivity index (χ0n) is 14.7. The summed E-state index contributed by atoms with van der Waals surface area (Å²) in [5, 5.41) is 10.0. The van der Waals surface area contributed by atoms with Crippen LogP contribution < -0.4 is 15.4 Å². The van der Waals surface area contributed by atoms with Crippen molar-refractivity contribution in [1.29, 1.82) is 0 Å². The van der Waals surface area contributed by atoms with Crippen LogP contribution in [0.1, 0.15) is 19.0 Å². The molecule has 0 bridgehead atoms. The number of hydrogen-bond donors (Lipinski definition) is 2. The molecule has 0 saturated heterocycles. The molecule has 2 aromatic rings. The van der Waals surface area contributed by atoms with Gasteiger partial charge in [-0.15, -0.1) is 0 Å². The van der Waals surface area contributed by atoms with E-state index in [1.54, 1.807) is 18.0 Å². The van der Waals surface area contributed by atoms with Crippen LogP contribution in [-0.2, 0) is 6.54 Å². The van der Waals surface area contributed by atoms with Gasteiger partial charge in [-0.25, -0.2) is 9.67 Å². The van der Waals surface area contributed by atoms with Gasteiger partial charge in [0.15, 0.2) is 5.96 Å². The maximum Gasteiger partial charge on any atom is 0.390 e. The first kappa shape index (κ1) is 19.6. The van der Waals surface area contributed by atoms with Crippen molar-refractivity contribution in [2.24, 2.45) is 4.99 Å². The molecule has 0 fully saturated rings. The average molecular weight is 369 g/mol. The predicted molar refractivity (Wildman–Crippen MR) is 93.6 cm³/mol. The number of methoxy groups -OCH3 is 1. The van der Waals surface area contributed by atoms with Crippen LogP contribution >= 0.6 is 0 Å². The van der Waals surface area contributed by atoms with E-state index in [2.05, 4.69) is 20.7 Å². The second-order valence-corrected chi connectivity index (χ2v) is 5.44. The van der Waals surface area contributed by atoms with Crippen molar-refractivity contribution in [3.8, 4) is 11.4 Å². The number of aromatic nitrogens is 2. The van der Waals surface area contributed by atoms with Gasteiger partial charge in [0.05, 0.1) is 31.5 Å². The number of rotatable bonds is 7. The predicted octanol–water partition coefficient (Wildman–Crippen LogP) is 2.89.